The largest absolute Gasteiger partial charge is 0.480 e. The predicted molar refractivity (Wildman–Crippen MR) is 80.1 cm³/mol. The Kier molecular flexibility index (Phi) is 5.18. The van der Waals surface area contributed by atoms with Gasteiger partial charge in [0.05, 0.1) is 0 Å². The minimum Gasteiger partial charge on any atom is -0.480 e. The molecule has 0 aliphatic carbocycles. The van der Waals surface area contributed by atoms with Gasteiger partial charge in [0.2, 0.25) is 0 Å². The zero-order valence-corrected chi connectivity index (χ0v) is 12.9. The molecule has 0 spiro atoms. The number of hydrogen-bond donors (Lipinski definition) is 2. The number of nitrogens with one attached hydrogen (secondary N) is 1. The lowest BCUT2D eigenvalue weighted by molar-refractivity contribution is -0.142. The van der Waals surface area contributed by atoms with E-state index >= 15 is 0 Å². The fourth-order valence-corrected chi connectivity index (χ4v) is 4.19. The predicted octanol–water partition coefficient (Wildman–Crippen LogP) is 2.31. The fraction of sp³-hybridized carbons (Fsp3) is 0.857. The number of carboxylic acids is 1. The van der Waals surface area contributed by atoms with Gasteiger partial charge in [0.15, 0.2) is 0 Å². The van der Waals surface area contributed by atoms with Crippen LogP contribution < -0.4 is 5.32 Å². The maximum atomic E-state index is 12.3. The van der Waals surface area contributed by atoms with Crippen LogP contribution in [0.25, 0.3) is 0 Å². The van der Waals surface area contributed by atoms with E-state index in [1.54, 1.807) is 0 Å². The highest BCUT2D eigenvalue weighted by Crippen LogP contribution is 2.37. The number of likely N-dealkylation sites (tertiary alicyclic amines) is 1. The van der Waals surface area contributed by atoms with Crippen molar-refractivity contribution in [3.05, 3.63) is 0 Å². The van der Waals surface area contributed by atoms with E-state index < -0.39 is 12.0 Å². The smallest absolute Gasteiger partial charge is 0.326 e. The van der Waals surface area contributed by atoms with Gasteiger partial charge < -0.3 is 15.3 Å². The van der Waals surface area contributed by atoms with E-state index in [0.29, 0.717) is 19.5 Å². The molecule has 2 rings (SSSR count). The maximum Gasteiger partial charge on any atom is 0.326 e. The quantitative estimate of drug-likeness (QED) is 0.839. The van der Waals surface area contributed by atoms with Crippen molar-refractivity contribution in [1.82, 2.24) is 10.2 Å². The lowest BCUT2D eigenvalue weighted by Gasteiger charge is -2.29. The molecule has 2 aliphatic heterocycles. The molecule has 20 heavy (non-hydrogen) atoms. The second kappa shape index (κ2) is 6.70. The summed E-state index contributed by atoms with van der Waals surface area (Å²) in [4.78, 5) is 25.1. The summed E-state index contributed by atoms with van der Waals surface area (Å²) in [7, 11) is 0. The van der Waals surface area contributed by atoms with Crippen molar-refractivity contribution >= 4 is 23.8 Å². The number of nitrogens with zero attached hydrogens (tertiary/aromatic N) is 1. The SMILES string of the molecule is CC1(CNC(=O)N2CCCCCC2C(=O)O)CCCS1. The van der Waals surface area contributed by atoms with Crippen LogP contribution in [0.4, 0.5) is 4.79 Å². The maximum absolute atomic E-state index is 12.3. The van der Waals surface area contributed by atoms with Crippen LogP contribution in [0.5, 0.6) is 0 Å². The zero-order chi connectivity index (χ0) is 14.6. The van der Waals surface area contributed by atoms with Gasteiger partial charge in [-0.15, -0.1) is 0 Å². The summed E-state index contributed by atoms with van der Waals surface area (Å²) in [6.07, 6.45) is 5.65. The molecule has 0 aromatic rings. The van der Waals surface area contributed by atoms with Crippen molar-refractivity contribution in [3.8, 4) is 0 Å². The number of rotatable bonds is 3. The minimum absolute atomic E-state index is 0.111. The van der Waals surface area contributed by atoms with Crippen molar-refractivity contribution in [2.24, 2.45) is 0 Å². The van der Waals surface area contributed by atoms with Crippen LogP contribution >= 0.6 is 11.8 Å². The average molecular weight is 300 g/mol. The molecule has 2 saturated heterocycles. The van der Waals surface area contributed by atoms with E-state index in [-0.39, 0.29) is 10.8 Å². The van der Waals surface area contributed by atoms with Crippen molar-refractivity contribution in [3.63, 3.8) is 0 Å². The summed E-state index contributed by atoms with van der Waals surface area (Å²) in [5.74, 6) is 0.261. The number of aliphatic carboxylic acids is 1. The first-order valence-corrected chi connectivity index (χ1v) is 8.42. The molecule has 0 radical (unpaired) electrons. The number of hydrogen-bond acceptors (Lipinski definition) is 3. The van der Waals surface area contributed by atoms with E-state index in [1.165, 1.54) is 11.3 Å². The van der Waals surface area contributed by atoms with Crippen molar-refractivity contribution < 1.29 is 14.7 Å². The third kappa shape index (κ3) is 3.81. The molecule has 0 saturated carbocycles. The molecule has 2 heterocycles. The Morgan fingerprint density at radius 2 is 2.15 bits per heavy atom. The summed E-state index contributed by atoms with van der Waals surface area (Å²) < 4.78 is 0.111. The summed E-state index contributed by atoms with van der Waals surface area (Å²) in [6.45, 7) is 3.34. The number of carbonyl (C=O) groups is 2. The zero-order valence-electron chi connectivity index (χ0n) is 12.1. The van der Waals surface area contributed by atoms with E-state index in [9.17, 15) is 14.7 Å². The third-order valence-electron chi connectivity index (χ3n) is 4.21. The van der Waals surface area contributed by atoms with Gasteiger partial charge in [0.25, 0.3) is 0 Å². The number of carboxylic acid groups (broad SMARTS) is 1. The van der Waals surface area contributed by atoms with Crippen LogP contribution in [0.3, 0.4) is 0 Å². The van der Waals surface area contributed by atoms with Crippen LogP contribution in [0.2, 0.25) is 0 Å². The number of amides is 2. The second-order valence-corrected chi connectivity index (χ2v) is 7.64. The van der Waals surface area contributed by atoms with Gasteiger partial charge in [0.1, 0.15) is 6.04 Å². The van der Waals surface area contributed by atoms with Crippen molar-refractivity contribution in [1.29, 1.82) is 0 Å². The molecule has 2 atom stereocenters. The summed E-state index contributed by atoms with van der Waals surface area (Å²) in [6, 6.07) is -0.880. The highest BCUT2D eigenvalue weighted by molar-refractivity contribution is 8.00. The first kappa shape index (κ1) is 15.5. The van der Waals surface area contributed by atoms with Gasteiger partial charge >= 0.3 is 12.0 Å². The van der Waals surface area contributed by atoms with Crippen LogP contribution in [0.15, 0.2) is 0 Å². The molecule has 5 nitrogen and oxygen atoms in total. The molecule has 114 valence electrons. The first-order chi connectivity index (χ1) is 9.52. The monoisotopic (exact) mass is 300 g/mol. The molecule has 0 aromatic heterocycles. The summed E-state index contributed by atoms with van der Waals surface area (Å²) in [5.41, 5.74) is 0. The Bertz CT molecular complexity index is 369. The Labute approximate surface area is 124 Å². The van der Waals surface area contributed by atoms with E-state index in [0.717, 1.165) is 31.4 Å². The number of carbonyl (C=O) groups excluding carboxylic acids is 1. The third-order valence-corrected chi connectivity index (χ3v) is 5.75. The Morgan fingerprint density at radius 3 is 2.80 bits per heavy atom. The Balaban J connectivity index is 1.93. The van der Waals surface area contributed by atoms with Gasteiger partial charge in [-0.05, 0) is 38.4 Å². The Hall–Kier alpha value is -0.910. The molecule has 6 heteroatoms. The second-order valence-electron chi connectivity index (χ2n) is 5.96. The average Bonchev–Trinajstić information content (AvgIpc) is 2.70. The molecule has 2 fully saturated rings. The molecule has 2 aliphatic rings. The topological polar surface area (TPSA) is 69.6 Å². The van der Waals surface area contributed by atoms with Crippen LogP contribution in [0.1, 0.15) is 45.4 Å². The molecule has 2 N–H and O–H groups in total. The highest BCUT2D eigenvalue weighted by atomic mass is 32.2. The summed E-state index contributed by atoms with van der Waals surface area (Å²) >= 11 is 1.89. The van der Waals surface area contributed by atoms with Gasteiger partial charge in [-0.25, -0.2) is 9.59 Å². The lowest BCUT2D eigenvalue weighted by atomic mass is 10.1. The van der Waals surface area contributed by atoms with Crippen LogP contribution in [-0.4, -0.2) is 51.6 Å². The van der Waals surface area contributed by atoms with Crippen molar-refractivity contribution in [2.75, 3.05) is 18.8 Å². The highest BCUT2D eigenvalue weighted by Gasteiger charge is 2.33. The minimum atomic E-state index is -0.886. The molecule has 0 aromatic carbocycles. The molecule has 2 amide bonds. The number of thioether (sulfide) groups is 1. The van der Waals surface area contributed by atoms with Gasteiger partial charge in [-0.1, -0.05) is 12.8 Å². The molecular formula is C14H24N2O3S. The van der Waals surface area contributed by atoms with Gasteiger partial charge in [-0.2, -0.15) is 11.8 Å². The molecule has 2 unspecified atom stereocenters. The Morgan fingerprint density at radius 1 is 1.35 bits per heavy atom. The van der Waals surface area contributed by atoms with Crippen LogP contribution in [-0.2, 0) is 4.79 Å². The first-order valence-electron chi connectivity index (χ1n) is 7.43. The fourth-order valence-electron chi connectivity index (χ4n) is 2.95. The van der Waals surface area contributed by atoms with E-state index in [1.807, 2.05) is 11.8 Å². The molecular weight excluding hydrogens is 276 g/mol. The lowest BCUT2D eigenvalue weighted by Crippen LogP contribution is -2.51. The van der Waals surface area contributed by atoms with E-state index in [4.69, 9.17) is 0 Å². The van der Waals surface area contributed by atoms with E-state index in [2.05, 4.69) is 12.2 Å². The normalized spacial score (nSPS) is 30.9. The molecule has 0 bridgehead atoms. The number of urea groups is 1. The standard InChI is InChI=1S/C14H24N2O3S/c1-14(7-5-9-20-14)10-15-13(19)16-8-4-2-3-6-11(16)12(17)18/h11H,2-10H2,1H3,(H,15,19)(H,17,18). The van der Waals surface area contributed by atoms with Gasteiger partial charge in [0, 0.05) is 17.8 Å². The summed E-state index contributed by atoms with van der Waals surface area (Å²) in [5, 5.41) is 12.2. The van der Waals surface area contributed by atoms with Crippen LogP contribution in [0, 0.1) is 0 Å². The van der Waals surface area contributed by atoms with Gasteiger partial charge in [-0.3, -0.25) is 0 Å². The van der Waals surface area contributed by atoms with Crippen molar-refractivity contribution in [2.45, 2.75) is 56.2 Å².